The van der Waals surface area contributed by atoms with Crippen LogP contribution in [0.5, 0.6) is 0 Å². The van der Waals surface area contributed by atoms with Crippen molar-refractivity contribution in [2.24, 2.45) is 17.8 Å². The van der Waals surface area contributed by atoms with Gasteiger partial charge in [0.2, 0.25) is 22.3 Å². The summed E-state index contributed by atoms with van der Waals surface area (Å²) in [5, 5.41) is 24.6. The minimum Gasteiger partial charge on any atom is -0.481 e. The smallest absolute Gasteiger partial charge is 0.329 e. The molecule has 2 unspecified atom stereocenters. The highest BCUT2D eigenvalue weighted by Crippen LogP contribution is 2.39. The van der Waals surface area contributed by atoms with E-state index in [2.05, 4.69) is 9.47 Å². The maximum Gasteiger partial charge on any atom is 0.329 e. The monoisotopic (exact) mass is 1050 g/mol. The molecule has 0 radical (unpaired) electrons. The third-order valence-corrected chi connectivity index (χ3v) is 7.73. The fourth-order valence-electron chi connectivity index (χ4n) is 4.33. The van der Waals surface area contributed by atoms with E-state index in [0.717, 1.165) is 11.3 Å². The summed E-state index contributed by atoms with van der Waals surface area (Å²) >= 11 is 9.95. The first-order valence-corrected chi connectivity index (χ1v) is 21.3. The van der Waals surface area contributed by atoms with E-state index < -0.39 is 81.3 Å². The van der Waals surface area contributed by atoms with Gasteiger partial charge >= 0.3 is 23.9 Å². The molecule has 3 N–H and O–H groups in total. The van der Waals surface area contributed by atoms with E-state index in [-0.39, 0.29) is 69.9 Å². The lowest BCUT2D eigenvalue weighted by molar-refractivity contribution is -0.152. The van der Waals surface area contributed by atoms with Crippen LogP contribution in [-0.2, 0) is 63.8 Å². The Kier molecular flexibility index (Phi) is 27.1. The number of carbonyl (C=O) groups is 9. The van der Waals surface area contributed by atoms with Gasteiger partial charge in [0.15, 0.2) is 0 Å². The Hall–Kier alpha value is -5.37. The second kappa shape index (κ2) is 40.4. The highest BCUT2D eigenvalue weighted by molar-refractivity contribution is 6.64. The van der Waals surface area contributed by atoms with Gasteiger partial charge in [-0.15, -0.1) is 0 Å². The van der Waals surface area contributed by atoms with Crippen LogP contribution in [0.4, 0.5) is 8.78 Å². The number of carboxylic acid groups (broad SMARTS) is 3. The first kappa shape index (κ1) is 47.0. The van der Waals surface area contributed by atoms with E-state index in [1.165, 1.54) is 83.5 Å². The van der Waals surface area contributed by atoms with Crippen molar-refractivity contribution in [2.75, 3.05) is 54.4 Å². The largest absolute Gasteiger partial charge is 0.481 e. The van der Waals surface area contributed by atoms with E-state index in [1.54, 1.807) is 0 Å². The van der Waals surface area contributed by atoms with Crippen molar-refractivity contribution in [3.8, 4) is 0 Å². The molecule has 2 aromatic rings. The third kappa shape index (κ3) is 46.4. The van der Waals surface area contributed by atoms with Crippen molar-refractivity contribution in [1.82, 2.24) is 9.80 Å². The lowest BCUT2D eigenvalue weighted by atomic mass is 9.89. The molecule has 398 valence electrons. The number of hydrogen-bond donors (Lipinski definition) is 3. The van der Waals surface area contributed by atoms with Crippen molar-refractivity contribution in [3.63, 3.8) is 0 Å². The van der Waals surface area contributed by atoms with Crippen molar-refractivity contribution in [1.29, 1.82) is 0 Å². The molecular formula is C49H74Cl2F2N2O15. The van der Waals surface area contributed by atoms with E-state index in [1.807, 2.05) is 41.5 Å². The predicted molar refractivity (Wildman–Crippen MR) is 261 cm³/mol. The minimum absolute atomic E-state index is 0.00154. The number of benzene rings is 2. The number of ketones is 1. The standard InChI is InChI=1S/C11H13FO2.C8H7FO2.C6H12O2.C5H7ClO.2C5H9NO.C3H5ClO2.C3H6O3.C3H6O/c1-7(2)10(11(13)14)8-3-5-9(12)6-4-8;9-7-3-1-6(2-4-7)5-8(10)11;1-5(7)8-6(2,3)4;1-3-2-4(3)5(6)7;2*1-6-4-2-3-5(6)7;2*1-6-2-3(4)5;1-3(2)4/h3-7,10H,1-2H3,(H,13,14);1-4H,5H2,(H,10,11);1-4H3;3-4H,2H2,1H3;2*2-4H2,1H3;2H2,1H3;2H2,1H3,(H,4,5);1-2H3/t10-;;;;;;;;/m1......../s1/i;;;;1D3,2D2,3D2,4D2;4D2;;1D3;. The molecule has 2 amide bonds. The molecular weight excluding hydrogens is 965 g/mol. The zero-order valence-electron chi connectivity index (χ0n) is 54.8. The van der Waals surface area contributed by atoms with Gasteiger partial charge in [-0.3, -0.25) is 33.6 Å². The summed E-state index contributed by atoms with van der Waals surface area (Å²) in [5.41, 5.74) is 0.930. The topological polar surface area (TPSA) is 248 Å². The molecule has 2 heterocycles. The summed E-state index contributed by atoms with van der Waals surface area (Å²) in [4.78, 5) is 93.2. The summed E-state index contributed by atoms with van der Waals surface area (Å²) in [6.07, 6.45) is -4.80. The van der Waals surface area contributed by atoms with Gasteiger partial charge in [0, 0.05) is 81.9 Å². The van der Waals surface area contributed by atoms with Crippen LogP contribution in [0.3, 0.4) is 0 Å². The number of halogens is 4. The molecule has 2 aliphatic heterocycles. The zero-order valence-corrected chi connectivity index (χ0v) is 42.3. The molecule has 3 fully saturated rings. The number of nitrogens with zero attached hydrogens (tertiary/aromatic N) is 2. The van der Waals surface area contributed by atoms with Crippen molar-refractivity contribution in [2.45, 2.75) is 112 Å². The van der Waals surface area contributed by atoms with Gasteiger partial charge in [0.25, 0.3) is 0 Å². The molecule has 0 bridgehead atoms. The number of aliphatic carboxylic acids is 3. The Morgan fingerprint density at radius 2 is 1.33 bits per heavy atom. The van der Waals surface area contributed by atoms with E-state index >= 15 is 0 Å². The van der Waals surface area contributed by atoms with E-state index in [0.29, 0.717) is 29.9 Å². The van der Waals surface area contributed by atoms with Crippen LogP contribution in [0.2, 0.25) is 0 Å². The van der Waals surface area contributed by atoms with E-state index in [9.17, 15) is 51.9 Å². The second-order valence-corrected chi connectivity index (χ2v) is 16.4. The Morgan fingerprint density at radius 1 is 0.829 bits per heavy atom. The fourth-order valence-corrected chi connectivity index (χ4v) is 4.75. The number of ether oxygens (including phenoxy) is 3. The highest BCUT2D eigenvalue weighted by Gasteiger charge is 2.37. The predicted octanol–water partition coefficient (Wildman–Crippen LogP) is 8.05. The molecule has 3 atom stereocenters. The number of rotatable bonds is 10. The maximum absolute atomic E-state index is 12.6. The molecule has 0 spiro atoms. The summed E-state index contributed by atoms with van der Waals surface area (Å²) in [7, 11) is 0.313. The molecule has 17 nitrogen and oxygen atoms in total. The van der Waals surface area contributed by atoms with Gasteiger partial charge in [-0.25, -0.2) is 13.6 Å². The van der Waals surface area contributed by atoms with Crippen LogP contribution in [0.25, 0.3) is 0 Å². The van der Waals surface area contributed by atoms with Crippen molar-refractivity contribution >= 4 is 75.2 Å². The molecule has 3 aliphatic rings. The van der Waals surface area contributed by atoms with E-state index in [4.69, 9.17) is 62.4 Å². The van der Waals surface area contributed by atoms with Gasteiger partial charge in [0.05, 0.1) is 16.5 Å². The van der Waals surface area contributed by atoms with Gasteiger partial charge in [-0.05, 0) is 124 Å². The number of Topliss-reactive ketones (excluding diaryl/α,β-unsaturated/α-hetero) is 1. The average Bonchev–Trinajstić information content (AvgIpc) is 3.97. The second-order valence-electron chi connectivity index (χ2n) is 15.6. The highest BCUT2D eigenvalue weighted by atomic mass is 35.5. The minimum atomic E-state index is -3.23. The third-order valence-electron chi connectivity index (χ3n) is 7.34. The number of methoxy groups -OCH3 is 2. The van der Waals surface area contributed by atoms with Crippen LogP contribution in [0, 0.1) is 29.4 Å². The number of esters is 1. The Bertz CT molecular complexity index is 2450. The Balaban J connectivity index is -0.000000439. The first-order valence-electron chi connectivity index (χ1n) is 27.5. The summed E-state index contributed by atoms with van der Waals surface area (Å²) < 4.78 is 136. The molecule has 5 rings (SSSR count). The van der Waals surface area contributed by atoms with Gasteiger partial charge < -0.3 is 44.1 Å². The zero-order chi connectivity index (χ0) is 67.5. The van der Waals surface area contributed by atoms with Crippen LogP contribution in [0.1, 0.15) is 131 Å². The maximum atomic E-state index is 12.6. The quantitative estimate of drug-likeness (QED) is 0.150. The molecule has 70 heavy (non-hydrogen) atoms. The SMILES string of the molecule is CC(=O)OC(C)(C)C.CC(C)=O.CC(C)[C@@H](C(=O)O)c1ccc(F)cc1.CC1CC1C(=O)Cl.COCC(=O)Cl.O=C(O)Cc1ccc(F)cc1.[2H]C([2H])([2H])N1C(=O)C([2H])([2H])C([2H])([2H])C1([2H])[2H].[2H]C([2H])([2H])OCC(=O)O.[2H]C1([2H])CCC(=O)N1C. The molecule has 2 saturated heterocycles. The summed E-state index contributed by atoms with van der Waals surface area (Å²) in [6.45, 7) is 7.07. The number of carboxylic acids is 3. The van der Waals surface area contributed by atoms with Crippen molar-refractivity contribution < 1.29 is 101 Å². The van der Waals surface area contributed by atoms with Crippen LogP contribution in [-0.4, -0.2) is 137 Å². The van der Waals surface area contributed by atoms with Crippen LogP contribution < -0.4 is 0 Å². The Labute approximate surface area is 440 Å². The number of likely N-dealkylation sites (tertiary alicyclic amines) is 2. The van der Waals surface area contributed by atoms with Gasteiger partial charge in [-0.2, -0.15) is 0 Å². The number of carbonyl (C=O) groups excluding carboxylic acids is 6. The van der Waals surface area contributed by atoms with Crippen LogP contribution >= 0.6 is 23.2 Å². The summed E-state index contributed by atoms with van der Waals surface area (Å²) in [6, 6.07) is 11.0. The molecule has 2 aromatic carbocycles. The Morgan fingerprint density at radius 3 is 1.51 bits per heavy atom. The lowest BCUT2D eigenvalue weighted by Gasteiger charge is -2.17. The molecule has 1 saturated carbocycles. The average molecular weight is 1050 g/mol. The van der Waals surface area contributed by atoms with Gasteiger partial charge in [0.1, 0.15) is 36.2 Å². The van der Waals surface area contributed by atoms with Crippen molar-refractivity contribution in [3.05, 3.63) is 71.3 Å². The summed E-state index contributed by atoms with van der Waals surface area (Å²) in [5.74, 6) is -5.42. The van der Waals surface area contributed by atoms with Gasteiger partial charge in [-0.1, -0.05) is 45.0 Å². The normalized spacial score (nSPS) is 21.4. The number of hydrogen-bond acceptors (Lipinski definition) is 12. The van der Waals surface area contributed by atoms with Crippen LogP contribution in [0.15, 0.2) is 48.5 Å². The molecule has 0 aromatic heterocycles. The molecule has 1 aliphatic carbocycles. The lowest BCUT2D eigenvalue weighted by Crippen LogP contribution is -2.21. The fraction of sp³-hybridized carbons (Fsp3) is 0.571. The first-order chi connectivity index (χ1) is 37.6. The molecule has 21 heteroatoms. The number of amides is 2.